The van der Waals surface area contributed by atoms with Crippen LogP contribution in [0.3, 0.4) is 0 Å². The number of nitrogens with one attached hydrogen (secondary N) is 2. The molecule has 0 spiro atoms. The van der Waals surface area contributed by atoms with Crippen molar-refractivity contribution in [1.29, 1.82) is 0 Å². The van der Waals surface area contributed by atoms with Crippen LogP contribution in [0.4, 0.5) is 28.4 Å². The Morgan fingerprint density at radius 2 is 1.52 bits per heavy atom. The second kappa shape index (κ2) is 14.1. The summed E-state index contributed by atoms with van der Waals surface area (Å²) in [4.78, 5) is 31.9. The topological polar surface area (TPSA) is 86.4 Å². The molecule has 2 fully saturated rings. The van der Waals surface area contributed by atoms with Crippen LogP contribution >= 0.6 is 0 Å². The highest BCUT2D eigenvalue weighted by molar-refractivity contribution is 6.04. The van der Waals surface area contributed by atoms with Gasteiger partial charge in [-0.3, -0.25) is 14.5 Å². The van der Waals surface area contributed by atoms with Crippen LogP contribution in [0, 0.1) is 0 Å². The molecule has 9 nitrogen and oxygen atoms in total. The zero-order valence-corrected chi connectivity index (χ0v) is 24.2. The lowest BCUT2D eigenvalue weighted by atomic mass is 10.1. The lowest BCUT2D eigenvalue weighted by Gasteiger charge is -2.28. The maximum Gasteiger partial charge on any atom is 0.255 e. The summed E-state index contributed by atoms with van der Waals surface area (Å²) in [6.45, 7) is 11.1. The summed E-state index contributed by atoms with van der Waals surface area (Å²) in [7, 11) is 1.98. The van der Waals surface area contributed by atoms with Gasteiger partial charge in [0.05, 0.1) is 26.4 Å². The summed E-state index contributed by atoms with van der Waals surface area (Å²) in [6, 6.07) is 21.2. The first-order valence-corrected chi connectivity index (χ1v) is 14.4. The smallest absolute Gasteiger partial charge is 0.255 e. The van der Waals surface area contributed by atoms with Crippen molar-refractivity contribution >= 4 is 46.3 Å². The number of ether oxygens (including phenoxy) is 2. The van der Waals surface area contributed by atoms with Gasteiger partial charge in [-0.25, -0.2) is 0 Å². The Kier molecular flexibility index (Phi) is 9.86. The average molecular weight is 574 g/mol. The fourth-order valence-corrected chi connectivity index (χ4v) is 5.17. The van der Waals surface area contributed by atoms with E-state index in [0.717, 1.165) is 87.5 Å². The molecule has 0 radical (unpaired) electrons. The van der Waals surface area contributed by atoms with Crippen molar-refractivity contribution in [1.82, 2.24) is 4.90 Å². The van der Waals surface area contributed by atoms with Gasteiger partial charge >= 0.3 is 0 Å². The van der Waals surface area contributed by atoms with Crippen LogP contribution in [0.15, 0.2) is 73.3 Å². The minimum Gasteiger partial charge on any atom is -0.379 e. The number of hydrogen-bond donors (Lipinski definition) is 2. The first-order valence-electron chi connectivity index (χ1n) is 14.4. The number of hydrogen-bond acceptors (Lipinski definition) is 7. The molecule has 2 amide bonds. The van der Waals surface area contributed by atoms with Crippen LogP contribution in [-0.4, -0.2) is 82.9 Å². The van der Waals surface area contributed by atoms with E-state index in [2.05, 4.69) is 31.9 Å². The fraction of sp³-hybridized carbons (Fsp3) is 0.333. The van der Waals surface area contributed by atoms with Gasteiger partial charge in [0.25, 0.3) is 5.91 Å². The maximum atomic E-state index is 13.0. The Balaban J connectivity index is 0.00000264. The number of morpholine rings is 2. The minimum atomic E-state index is -0.165. The van der Waals surface area contributed by atoms with Crippen molar-refractivity contribution in [2.45, 2.75) is 6.42 Å². The van der Waals surface area contributed by atoms with E-state index in [1.54, 1.807) is 6.08 Å². The summed E-state index contributed by atoms with van der Waals surface area (Å²) < 4.78 is 10.8. The van der Waals surface area contributed by atoms with E-state index in [1.165, 1.54) is 0 Å². The van der Waals surface area contributed by atoms with E-state index in [4.69, 9.17) is 9.47 Å². The average Bonchev–Trinajstić information content (AvgIpc) is 3.04. The van der Waals surface area contributed by atoms with Gasteiger partial charge in [0.2, 0.25) is 5.91 Å². The van der Waals surface area contributed by atoms with Crippen molar-refractivity contribution < 1.29 is 21.9 Å². The standard InChI is InChI=1S/C33H39N5O4.2H2/c1-3-25-24-28(35-33(40)26-4-9-30(10-5-26)38-18-22-42-23-19-38)8-13-31(25)36(2)29-11-6-27(7-12-29)34-32(39)14-15-37-16-20-41-21-17-37;;/h3-13,24H,1,14-23H2,2H3,(H,34,39)(H,35,40);2*1H. The Hall–Kier alpha value is -4.18. The molecule has 3 aromatic rings. The summed E-state index contributed by atoms with van der Waals surface area (Å²) >= 11 is 0. The van der Waals surface area contributed by atoms with Gasteiger partial charge in [0.1, 0.15) is 0 Å². The van der Waals surface area contributed by atoms with E-state index in [9.17, 15) is 9.59 Å². The predicted octanol–water partition coefficient (Wildman–Crippen LogP) is 5.34. The minimum absolute atomic E-state index is 0. The second-order valence-electron chi connectivity index (χ2n) is 10.4. The summed E-state index contributed by atoms with van der Waals surface area (Å²) in [6.07, 6.45) is 2.23. The third kappa shape index (κ3) is 7.55. The number of amides is 2. The van der Waals surface area contributed by atoms with Crippen LogP contribution < -0.4 is 20.4 Å². The molecular formula is C33H43N5O4. The van der Waals surface area contributed by atoms with Crippen molar-refractivity contribution in [3.8, 4) is 0 Å². The molecule has 3 aromatic carbocycles. The number of nitrogens with zero attached hydrogens (tertiary/aromatic N) is 3. The maximum absolute atomic E-state index is 13.0. The Morgan fingerprint density at radius 3 is 2.19 bits per heavy atom. The Labute approximate surface area is 250 Å². The molecule has 0 saturated carbocycles. The molecule has 9 heteroatoms. The Morgan fingerprint density at radius 1 is 0.881 bits per heavy atom. The molecule has 0 bridgehead atoms. The molecule has 2 N–H and O–H groups in total. The number of carbonyl (C=O) groups is 2. The highest BCUT2D eigenvalue weighted by Gasteiger charge is 2.15. The lowest BCUT2D eigenvalue weighted by Crippen LogP contribution is -2.38. The van der Waals surface area contributed by atoms with Crippen molar-refractivity contribution in [3.63, 3.8) is 0 Å². The molecule has 2 heterocycles. The van der Waals surface area contributed by atoms with Gasteiger partial charge in [-0.05, 0) is 72.3 Å². The molecule has 5 rings (SSSR count). The van der Waals surface area contributed by atoms with Gasteiger partial charge in [-0.2, -0.15) is 0 Å². The van der Waals surface area contributed by atoms with Crippen molar-refractivity contribution in [2.24, 2.45) is 0 Å². The monoisotopic (exact) mass is 573 g/mol. The first-order chi connectivity index (χ1) is 20.5. The van der Waals surface area contributed by atoms with E-state index < -0.39 is 0 Å². The Bertz CT molecular complexity index is 1380. The van der Waals surface area contributed by atoms with Gasteiger partial charge in [0, 0.05) is 83.0 Å². The van der Waals surface area contributed by atoms with E-state index in [0.29, 0.717) is 17.7 Å². The molecular weight excluding hydrogens is 530 g/mol. The lowest BCUT2D eigenvalue weighted by molar-refractivity contribution is -0.116. The van der Waals surface area contributed by atoms with Gasteiger partial charge in [-0.1, -0.05) is 12.7 Å². The largest absolute Gasteiger partial charge is 0.379 e. The highest BCUT2D eigenvalue weighted by Crippen LogP contribution is 2.31. The normalized spacial score (nSPS) is 15.6. The molecule has 2 aliphatic heterocycles. The zero-order chi connectivity index (χ0) is 29.3. The first kappa shape index (κ1) is 29.3. The van der Waals surface area contributed by atoms with Gasteiger partial charge in [0.15, 0.2) is 0 Å². The van der Waals surface area contributed by atoms with E-state index in [-0.39, 0.29) is 14.7 Å². The van der Waals surface area contributed by atoms with Gasteiger partial charge in [-0.15, -0.1) is 0 Å². The third-order valence-corrected chi connectivity index (χ3v) is 7.67. The number of anilines is 5. The third-order valence-electron chi connectivity index (χ3n) is 7.67. The highest BCUT2D eigenvalue weighted by atomic mass is 16.5. The summed E-state index contributed by atoms with van der Waals surface area (Å²) in [5.41, 5.74) is 5.94. The molecule has 0 unspecified atom stereocenters. The van der Waals surface area contributed by atoms with Crippen LogP contribution in [0.5, 0.6) is 0 Å². The molecule has 224 valence electrons. The number of benzene rings is 3. The zero-order valence-electron chi connectivity index (χ0n) is 24.2. The molecule has 2 aliphatic rings. The molecule has 0 atom stereocenters. The summed E-state index contributed by atoms with van der Waals surface area (Å²) in [5, 5.41) is 6.00. The van der Waals surface area contributed by atoms with Crippen LogP contribution in [0.2, 0.25) is 0 Å². The second-order valence-corrected chi connectivity index (χ2v) is 10.4. The van der Waals surface area contributed by atoms with Crippen LogP contribution in [0.25, 0.3) is 6.08 Å². The van der Waals surface area contributed by atoms with Crippen LogP contribution in [-0.2, 0) is 14.3 Å². The predicted molar refractivity (Wildman–Crippen MR) is 173 cm³/mol. The quantitative estimate of drug-likeness (QED) is 0.339. The van der Waals surface area contributed by atoms with E-state index >= 15 is 0 Å². The fourth-order valence-electron chi connectivity index (χ4n) is 5.17. The van der Waals surface area contributed by atoms with Crippen LogP contribution in [0.1, 0.15) is 25.2 Å². The van der Waals surface area contributed by atoms with Gasteiger partial charge < -0.3 is 29.9 Å². The van der Waals surface area contributed by atoms with Crippen molar-refractivity contribution in [3.05, 3.63) is 84.4 Å². The summed E-state index contributed by atoms with van der Waals surface area (Å²) in [5.74, 6) is -0.163. The number of rotatable bonds is 10. The SMILES string of the molecule is C=Cc1cc(NC(=O)c2ccc(N3CCOCC3)cc2)ccc1N(C)c1ccc(NC(=O)CCN2CCOCC2)cc1.[HH].[HH]. The number of carbonyl (C=O) groups excluding carboxylic acids is 2. The molecule has 0 aromatic heterocycles. The van der Waals surface area contributed by atoms with Crippen molar-refractivity contribution in [2.75, 3.05) is 86.6 Å². The molecule has 0 aliphatic carbocycles. The van der Waals surface area contributed by atoms with E-state index in [1.807, 2.05) is 73.8 Å². The molecule has 2 saturated heterocycles. The molecule has 42 heavy (non-hydrogen) atoms.